The van der Waals surface area contributed by atoms with Crippen LogP contribution in [0.1, 0.15) is 19.8 Å². The lowest BCUT2D eigenvalue weighted by Crippen LogP contribution is -2.42. The molecule has 7 heteroatoms. The molecule has 0 heterocycles. The van der Waals surface area contributed by atoms with Crippen molar-refractivity contribution in [3.05, 3.63) is 27.1 Å². The second kappa shape index (κ2) is 7.49. The highest BCUT2D eigenvalue weighted by molar-refractivity contribution is 9.11. The molecule has 1 atom stereocenters. The molecule has 19 heavy (non-hydrogen) atoms. The van der Waals surface area contributed by atoms with Gasteiger partial charge in [-0.15, -0.1) is 0 Å². The first-order valence-electron chi connectivity index (χ1n) is 5.69. The first kappa shape index (κ1) is 16.0. The highest BCUT2D eigenvalue weighted by Gasteiger charge is 2.18. The second-order valence-corrected chi connectivity index (χ2v) is 5.67. The molecule has 0 bridgehead atoms. The zero-order chi connectivity index (χ0) is 14.4. The van der Waals surface area contributed by atoms with Gasteiger partial charge in [0, 0.05) is 8.95 Å². The second-order valence-electron chi connectivity index (χ2n) is 3.90. The van der Waals surface area contributed by atoms with E-state index >= 15 is 0 Å². The molecule has 0 aromatic heterocycles. The maximum absolute atomic E-state index is 11.7. The Kier molecular flexibility index (Phi) is 6.30. The van der Waals surface area contributed by atoms with Crippen LogP contribution in [0.25, 0.3) is 0 Å². The molecule has 0 aliphatic carbocycles. The summed E-state index contributed by atoms with van der Waals surface area (Å²) >= 11 is 6.62. The minimum atomic E-state index is -1.04. The van der Waals surface area contributed by atoms with E-state index in [2.05, 4.69) is 42.5 Å². The Hall–Kier alpha value is -1.08. The van der Waals surface area contributed by atoms with Crippen LogP contribution in [0.2, 0.25) is 0 Å². The average Bonchev–Trinajstić information content (AvgIpc) is 2.32. The Bertz CT molecular complexity index is 480. The normalized spacial score (nSPS) is 11.7. The van der Waals surface area contributed by atoms with Gasteiger partial charge in [0.1, 0.15) is 6.04 Å². The molecule has 0 aliphatic heterocycles. The molecule has 1 aromatic rings. The molecule has 0 radical (unpaired) electrons. The summed E-state index contributed by atoms with van der Waals surface area (Å²) in [6, 6.07) is 3.86. The Balaban J connectivity index is 2.66. The van der Waals surface area contributed by atoms with Crippen molar-refractivity contribution in [2.24, 2.45) is 0 Å². The Morgan fingerprint density at radius 3 is 2.58 bits per heavy atom. The predicted octanol–water partition coefficient (Wildman–Crippen LogP) is 3.59. The summed E-state index contributed by atoms with van der Waals surface area (Å²) in [4.78, 5) is 22.7. The van der Waals surface area contributed by atoms with Crippen LogP contribution in [-0.4, -0.2) is 23.1 Å². The molecule has 5 nitrogen and oxygen atoms in total. The number of benzene rings is 1. The van der Waals surface area contributed by atoms with Crippen molar-refractivity contribution in [1.29, 1.82) is 0 Å². The number of halogens is 2. The molecule has 104 valence electrons. The minimum Gasteiger partial charge on any atom is -0.480 e. The van der Waals surface area contributed by atoms with Crippen molar-refractivity contribution in [3.63, 3.8) is 0 Å². The predicted molar refractivity (Wildman–Crippen MR) is 80.3 cm³/mol. The first-order chi connectivity index (χ1) is 8.93. The van der Waals surface area contributed by atoms with Gasteiger partial charge in [-0.25, -0.2) is 9.59 Å². The maximum Gasteiger partial charge on any atom is 0.326 e. The zero-order valence-corrected chi connectivity index (χ0v) is 13.4. The molecule has 3 N–H and O–H groups in total. The molecule has 0 spiro atoms. The topological polar surface area (TPSA) is 78.4 Å². The fourth-order valence-electron chi connectivity index (χ4n) is 1.45. The van der Waals surface area contributed by atoms with Gasteiger partial charge in [0.25, 0.3) is 0 Å². The average molecular weight is 394 g/mol. The number of hydrogen-bond donors (Lipinski definition) is 3. The molecule has 0 saturated carbocycles. The summed E-state index contributed by atoms with van der Waals surface area (Å²) in [5.41, 5.74) is 0.571. The number of carbonyl (C=O) groups excluding carboxylic acids is 1. The molecule has 1 aromatic carbocycles. The highest BCUT2D eigenvalue weighted by Crippen LogP contribution is 2.26. The summed E-state index contributed by atoms with van der Waals surface area (Å²) in [5.74, 6) is -1.04. The van der Waals surface area contributed by atoms with Gasteiger partial charge in [0.15, 0.2) is 0 Å². The van der Waals surface area contributed by atoms with Crippen LogP contribution >= 0.6 is 31.9 Å². The van der Waals surface area contributed by atoms with Crippen molar-refractivity contribution in [2.75, 3.05) is 5.32 Å². The number of hydrogen-bond acceptors (Lipinski definition) is 2. The molecular formula is C12H14Br2N2O3. The molecular weight excluding hydrogens is 380 g/mol. The van der Waals surface area contributed by atoms with E-state index in [9.17, 15) is 9.59 Å². The van der Waals surface area contributed by atoms with E-state index in [4.69, 9.17) is 5.11 Å². The molecule has 0 fully saturated rings. The smallest absolute Gasteiger partial charge is 0.326 e. The van der Waals surface area contributed by atoms with E-state index in [0.717, 1.165) is 4.47 Å². The number of rotatable bonds is 5. The molecule has 1 rings (SSSR count). The molecule has 0 saturated heterocycles. The van der Waals surface area contributed by atoms with Crippen molar-refractivity contribution in [2.45, 2.75) is 25.8 Å². The first-order valence-corrected chi connectivity index (χ1v) is 7.28. The van der Waals surface area contributed by atoms with Gasteiger partial charge >= 0.3 is 12.0 Å². The summed E-state index contributed by atoms with van der Waals surface area (Å²) in [7, 11) is 0. The number of nitrogens with one attached hydrogen (secondary N) is 2. The van der Waals surface area contributed by atoms with Gasteiger partial charge in [0.05, 0.1) is 5.69 Å². The van der Waals surface area contributed by atoms with E-state index in [0.29, 0.717) is 23.0 Å². The highest BCUT2D eigenvalue weighted by atomic mass is 79.9. The summed E-state index contributed by atoms with van der Waals surface area (Å²) in [6.07, 6.45) is 1.07. The number of aliphatic carboxylic acids is 1. The number of anilines is 1. The monoisotopic (exact) mass is 392 g/mol. The summed E-state index contributed by atoms with van der Waals surface area (Å²) in [5, 5.41) is 14.0. The standard InChI is InChI=1S/C12H14Br2N2O3/c1-2-3-10(11(17)18)16-12(19)15-9-5-4-7(13)6-8(9)14/h4-6,10H,2-3H2,1H3,(H,17,18)(H2,15,16,19)/t10-/m1/s1. The van der Waals surface area contributed by atoms with Gasteiger partial charge < -0.3 is 15.7 Å². The van der Waals surface area contributed by atoms with E-state index < -0.39 is 18.0 Å². The van der Waals surface area contributed by atoms with E-state index in [1.54, 1.807) is 18.2 Å². The number of amides is 2. The van der Waals surface area contributed by atoms with Crippen LogP contribution in [0.15, 0.2) is 27.1 Å². The van der Waals surface area contributed by atoms with Gasteiger partial charge in [-0.1, -0.05) is 29.3 Å². The SMILES string of the molecule is CCC[C@@H](NC(=O)Nc1ccc(Br)cc1Br)C(=O)O. The quantitative estimate of drug-likeness (QED) is 0.715. The third-order valence-corrected chi connectivity index (χ3v) is 3.51. The summed E-state index contributed by atoms with van der Waals surface area (Å²) < 4.78 is 1.58. The number of carboxylic acid groups (broad SMARTS) is 1. The van der Waals surface area contributed by atoms with Crippen molar-refractivity contribution >= 4 is 49.5 Å². The van der Waals surface area contributed by atoms with Crippen LogP contribution in [0, 0.1) is 0 Å². The van der Waals surface area contributed by atoms with Crippen molar-refractivity contribution in [1.82, 2.24) is 5.32 Å². The number of urea groups is 1. The third-order valence-electron chi connectivity index (χ3n) is 2.36. The van der Waals surface area contributed by atoms with E-state index in [1.165, 1.54) is 0 Å². The zero-order valence-electron chi connectivity index (χ0n) is 10.2. The lowest BCUT2D eigenvalue weighted by Gasteiger charge is -2.15. The van der Waals surface area contributed by atoms with E-state index in [-0.39, 0.29) is 0 Å². The van der Waals surface area contributed by atoms with Crippen LogP contribution in [0.3, 0.4) is 0 Å². The molecule has 0 aliphatic rings. The van der Waals surface area contributed by atoms with Crippen LogP contribution in [0.4, 0.5) is 10.5 Å². The third kappa shape index (κ3) is 5.20. The molecule has 0 unspecified atom stereocenters. The van der Waals surface area contributed by atoms with Crippen molar-refractivity contribution < 1.29 is 14.7 Å². The number of carbonyl (C=O) groups is 2. The summed E-state index contributed by atoms with van der Waals surface area (Å²) in [6.45, 7) is 1.86. The van der Waals surface area contributed by atoms with Gasteiger partial charge in [-0.2, -0.15) is 0 Å². The molecule has 2 amide bonds. The number of carboxylic acids is 1. The van der Waals surface area contributed by atoms with Gasteiger partial charge in [-0.05, 0) is 40.5 Å². The lowest BCUT2D eigenvalue weighted by atomic mass is 10.2. The van der Waals surface area contributed by atoms with Crippen LogP contribution in [-0.2, 0) is 4.79 Å². The van der Waals surface area contributed by atoms with Gasteiger partial charge in [-0.3, -0.25) is 0 Å². The minimum absolute atomic E-state index is 0.393. The fourth-order valence-corrected chi connectivity index (χ4v) is 2.60. The largest absolute Gasteiger partial charge is 0.480 e. The van der Waals surface area contributed by atoms with Crippen molar-refractivity contribution in [3.8, 4) is 0 Å². The Morgan fingerprint density at radius 2 is 2.05 bits per heavy atom. The van der Waals surface area contributed by atoms with Crippen LogP contribution in [0.5, 0.6) is 0 Å². The Morgan fingerprint density at radius 1 is 1.37 bits per heavy atom. The lowest BCUT2D eigenvalue weighted by molar-refractivity contribution is -0.139. The Labute approximate surface area is 128 Å². The van der Waals surface area contributed by atoms with E-state index in [1.807, 2.05) is 6.92 Å². The van der Waals surface area contributed by atoms with Gasteiger partial charge in [0.2, 0.25) is 0 Å². The van der Waals surface area contributed by atoms with Crippen LogP contribution < -0.4 is 10.6 Å². The fraction of sp³-hybridized carbons (Fsp3) is 0.333. The maximum atomic E-state index is 11.7.